The van der Waals surface area contributed by atoms with Gasteiger partial charge in [-0.15, -0.1) is 0 Å². The number of aryl methyl sites for hydroxylation is 2. The molecule has 0 saturated heterocycles. The van der Waals surface area contributed by atoms with Gasteiger partial charge in [-0.05, 0) is 44.0 Å². The number of hydrogen-bond donors (Lipinski definition) is 1. The molecule has 1 N–H and O–H groups in total. The highest BCUT2D eigenvalue weighted by Gasteiger charge is 2.24. The lowest BCUT2D eigenvalue weighted by molar-refractivity contribution is -0.121. The molecule has 2 aromatic carbocycles. The minimum absolute atomic E-state index is 0.00785. The number of likely N-dealkylation sites (N-methyl/N-ethyl adjacent to an activating group) is 1. The highest BCUT2D eigenvalue weighted by Crippen LogP contribution is 2.34. The molecule has 3 rings (SSSR count). The van der Waals surface area contributed by atoms with Crippen molar-refractivity contribution in [3.63, 3.8) is 0 Å². The number of nitrogens with one attached hydrogen (secondary N) is 1. The molecule has 6 heteroatoms. The van der Waals surface area contributed by atoms with Crippen LogP contribution in [-0.2, 0) is 9.59 Å². The number of fused-ring (bicyclic) bond motifs is 1. The van der Waals surface area contributed by atoms with E-state index in [1.54, 1.807) is 23.1 Å². The molecule has 26 heavy (non-hydrogen) atoms. The number of amides is 2. The van der Waals surface area contributed by atoms with Crippen LogP contribution >= 0.6 is 0 Å². The van der Waals surface area contributed by atoms with Gasteiger partial charge in [-0.25, -0.2) is 0 Å². The summed E-state index contributed by atoms with van der Waals surface area (Å²) in [7, 11) is 0. The molecule has 0 unspecified atom stereocenters. The highest BCUT2D eigenvalue weighted by atomic mass is 16.5. The average molecular weight is 354 g/mol. The van der Waals surface area contributed by atoms with Gasteiger partial charge in [-0.1, -0.05) is 18.2 Å². The number of nitrogens with zero attached hydrogens (tertiary/aromatic N) is 1. The van der Waals surface area contributed by atoms with Gasteiger partial charge in [0, 0.05) is 18.3 Å². The van der Waals surface area contributed by atoms with Crippen LogP contribution in [0.4, 0.5) is 11.4 Å². The van der Waals surface area contributed by atoms with Gasteiger partial charge in [0.25, 0.3) is 11.8 Å². The quantitative estimate of drug-likeness (QED) is 0.896. The van der Waals surface area contributed by atoms with E-state index < -0.39 is 0 Å². The first-order valence-corrected chi connectivity index (χ1v) is 8.55. The first kappa shape index (κ1) is 17.8. The van der Waals surface area contributed by atoms with E-state index >= 15 is 0 Å². The molecule has 0 radical (unpaired) electrons. The zero-order valence-electron chi connectivity index (χ0n) is 15.2. The monoisotopic (exact) mass is 354 g/mol. The first-order chi connectivity index (χ1) is 12.5. The molecule has 0 bridgehead atoms. The predicted molar refractivity (Wildman–Crippen MR) is 100 cm³/mol. The van der Waals surface area contributed by atoms with Crippen LogP contribution in [0.25, 0.3) is 0 Å². The highest BCUT2D eigenvalue weighted by molar-refractivity contribution is 5.99. The minimum atomic E-state index is -0.258. The predicted octanol–water partition coefficient (Wildman–Crippen LogP) is 3.07. The molecule has 1 heterocycles. The maximum absolute atomic E-state index is 12.2. The molecule has 2 amide bonds. The Balaban J connectivity index is 1.66. The van der Waals surface area contributed by atoms with E-state index in [-0.39, 0.29) is 25.0 Å². The Labute approximate surface area is 152 Å². The van der Waals surface area contributed by atoms with Crippen LogP contribution in [0.2, 0.25) is 0 Å². The molecule has 1 aliphatic heterocycles. The average Bonchev–Trinajstić information content (AvgIpc) is 2.61. The maximum atomic E-state index is 12.2. The molecule has 1 aliphatic rings. The van der Waals surface area contributed by atoms with Gasteiger partial charge < -0.3 is 19.7 Å². The van der Waals surface area contributed by atoms with E-state index in [0.29, 0.717) is 23.7 Å². The summed E-state index contributed by atoms with van der Waals surface area (Å²) in [5, 5.41) is 2.80. The van der Waals surface area contributed by atoms with E-state index in [0.717, 1.165) is 16.9 Å². The standard InChI is InChI=1S/C20H22N2O4/c1-4-22-16-9-8-15(10-17(16)25-12-19(22)24)21-18(23)11-26-20-13(2)6-5-7-14(20)3/h5-10H,4,11-12H2,1-3H3,(H,21,23). The van der Waals surface area contributed by atoms with Crippen molar-refractivity contribution >= 4 is 23.2 Å². The Morgan fingerprint density at radius 3 is 2.65 bits per heavy atom. The van der Waals surface area contributed by atoms with Crippen LogP contribution in [0.1, 0.15) is 18.1 Å². The van der Waals surface area contributed by atoms with Crippen molar-refractivity contribution < 1.29 is 19.1 Å². The fraction of sp³-hybridized carbons (Fsp3) is 0.300. The second-order valence-corrected chi connectivity index (χ2v) is 6.17. The topological polar surface area (TPSA) is 67.9 Å². The second kappa shape index (κ2) is 7.47. The van der Waals surface area contributed by atoms with Crippen LogP contribution in [0.15, 0.2) is 36.4 Å². The number of benzene rings is 2. The molecule has 136 valence electrons. The van der Waals surface area contributed by atoms with Gasteiger partial charge in [-0.3, -0.25) is 9.59 Å². The zero-order valence-corrected chi connectivity index (χ0v) is 15.2. The van der Waals surface area contributed by atoms with E-state index in [1.807, 2.05) is 39.0 Å². The molecule has 6 nitrogen and oxygen atoms in total. The van der Waals surface area contributed by atoms with Crippen molar-refractivity contribution in [3.8, 4) is 11.5 Å². The molecule has 0 aliphatic carbocycles. The summed E-state index contributed by atoms with van der Waals surface area (Å²) in [6, 6.07) is 11.1. The Bertz CT molecular complexity index is 827. The Hall–Kier alpha value is -3.02. The molecule has 0 saturated carbocycles. The number of para-hydroxylation sites is 1. The van der Waals surface area contributed by atoms with Gasteiger partial charge >= 0.3 is 0 Å². The normalized spacial score (nSPS) is 13.0. The summed E-state index contributed by atoms with van der Waals surface area (Å²) in [6.45, 7) is 6.30. The van der Waals surface area contributed by atoms with Crippen molar-refractivity contribution in [1.82, 2.24) is 0 Å². The largest absolute Gasteiger partial charge is 0.483 e. The summed E-state index contributed by atoms with van der Waals surface area (Å²) in [5.41, 5.74) is 3.30. The second-order valence-electron chi connectivity index (χ2n) is 6.17. The molecular formula is C20H22N2O4. The summed E-state index contributed by atoms with van der Waals surface area (Å²) in [6.07, 6.45) is 0. The molecule has 0 atom stereocenters. The SMILES string of the molecule is CCN1C(=O)COc2cc(NC(=O)COc3c(C)cccc3C)ccc21. The third-order valence-electron chi connectivity index (χ3n) is 4.26. The number of carbonyl (C=O) groups is 2. The molecule has 0 aromatic heterocycles. The fourth-order valence-electron chi connectivity index (χ4n) is 2.99. The van der Waals surface area contributed by atoms with Crippen molar-refractivity contribution in [3.05, 3.63) is 47.5 Å². The molecular weight excluding hydrogens is 332 g/mol. The first-order valence-electron chi connectivity index (χ1n) is 8.55. The van der Waals surface area contributed by atoms with Gasteiger partial charge in [0.1, 0.15) is 11.5 Å². The number of carbonyl (C=O) groups excluding carboxylic acids is 2. The van der Waals surface area contributed by atoms with Crippen molar-refractivity contribution in [2.45, 2.75) is 20.8 Å². The zero-order chi connectivity index (χ0) is 18.7. The van der Waals surface area contributed by atoms with Crippen LogP contribution in [-0.4, -0.2) is 31.6 Å². The lowest BCUT2D eigenvalue weighted by Gasteiger charge is -2.28. The van der Waals surface area contributed by atoms with Gasteiger partial charge in [-0.2, -0.15) is 0 Å². The van der Waals surface area contributed by atoms with Gasteiger partial charge in [0.15, 0.2) is 13.2 Å². The minimum Gasteiger partial charge on any atom is -0.483 e. The van der Waals surface area contributed by atoms with Crippen molar-refractivity contribution in [1.29, 1.82) is 0 Å². The summed E-state index contributed by atoms with van der Waals surface area (Å²) >= 11 is 0. The summed E-state index contributed by atoms with van der Waals surface area (Å²) < 4.78 is 11.1. The van der Waals surface area contributed by atoms with Gasteiger partial charge in [0.2, 0.25) is 0 Å². The number of ether oxygens (including phenoxy) is 2. The fourth-order valence-corrected chi connectivity index (χ4v) is 2.99. The Morgan fingerprint density at radius 1 is 1.23 bits per heavy atom. The van der Waals surface area contributed by atoms with Crippen LogP contribution in [0.3, 0.4) is 0 Å². The third-order valence-corrected chi connectivity index (χ3v) is 4.26. The van der Waals surface area contributed by atoms with Crippen molar-refractivity contribution in [2.24, 2.45) is 0 Å². The lowest BCUT2D eigenvalue weighted by atomic mass is 10.1. The number of hydrogen-bond acceptors (Lipinski definition) is 4. The third kappa shape index (κ3) is 3.64. The van der Waals surface area contributed by atoms with E-state index in [9.17, 15) is 9.59 Å². The Kier molecular flexibility index (Phi) is 5.11. The van der Waals surface area contributed by atoms with Crippen LogP contribution in [0.5, 0.6) is 11.5 Å². The van der Waals surface area contributed by atoms with Gasteiger partial charge in [0.05, 0.1) is 5.69 Å². The number of rotatable bonds is 5. The molecule has 0 fully saturated rings. The van der Waals surface area contributed by atoms with E-state index in [2.05, 4.69) is 5.32 Å². The summed E-state index contributed by atoms with van der Waals surface area (Å²) in [5.74, 6) is 0.985. The van der Waals surface area contributed by atoms with E-state index in [1.165, 1.54) is 0 Å². The molecule has 0 spiro atoms. The van der Waals surface area contributed by atoms with Crippen LogP contribution < -0.4 is 19.7 Å². The van der Waals surface area contributed by atoms with E-state index in [4.69, 9.17) is 9.47 Å². The maximum Gasteiger partial charge on any atom is 0.265 e. The van der Waals surface area contributed by atoms with Crippen molar-refractivity contribution in [2.75, 3.05) is 30.0 Å². The number of anilines is 2. The Morgan fingerprint density at radius 2 is 1.96 bits per heavy atom. The summed E-state index contributed by atoms with van der Waals surface area (Å²) in [4.78, 5) is 25.7. The smallest absolute Gasteiger partial charge is 0.265 e. The van der Waals surface area contributed by atoms with Crippen LogP contribution in [0, 0.1) is 13.8 Å². The molecule has 2 aromatic rings. The lowest BCUT2D eigenvalue weighted by Crippen LogP contribution is -2.38.